The number of β-lactam (4-membered cyclic amide) rings is 1. The van der Waals surface area contributed by atoms with Gasteiger partial charge in [-0.1, -0.05) is 18.3 Å². The van der Waals surface area contributed by atoms with Crippen LogP contribution in [0, 0.1) is 11.8 Å². The van der Waals surface area contributed by atoms with Crippen molar-refractivity contribution in [2.45, 2.75) is 39.1 Å². The Morgan fingerprint density at radius 3 is 2.73 bits per heavy atom. The topological polar surface area (TPSA) is 132 Å². The summed E-state index contributed by atoms with van der Waals surface area (Å²) in [6.45, 7) is 3.86. The standard InChI is InChI=1S/C18H22N4O6S2/c1-9-12(16(18(25)26)22-15(9)14(10(2)23)17(22)24)5-20-6-13-21(8-20)11(7-29-13)4-19-30(3,27)28/h6-10,14-15,19,23H,4-5H2,1-3H3/p+1/t9-,10+,14+,15+/m0/s1. The largest absolute Gasteiger partial charge is 0.477 e. The zero-order valence-corrected chi connectivity index (χ0v) is 18.3. The van der Waals surface area contributed by atoms with E-state index in [-0.39, 0.29) is 36.7 Å². The fraction of sp³-hybridized carbons (Fsp3) is 0.500. The van der Waals surface area contributed by atoms with Crippen LogP contribution in [0.25, 0.3) is 4.83 Å². The molecular formula is C18H23N4O6S2+. The van der Waals surface area contributed by atoms with E-state index in [2.05, 4.69) is 4.72 Å². The number of amides is 1. The lowest BCUT2D eigenvalue weighted by Crippen LogP contribution is -2.63. The Balaban J connectivity index is 1.63. The maximum Gasteiger partial charge on any atom is 0.352 e. The second-order valence-corrected chi connectivity index (χ2v) is 10.6. The highest BCUT2D eigenvalue weighted by atomic mass is 32.2. The predicted octanol–water partition coefficient (Wildman–Crippen LogP) is -0.466. The molecule has 4 rings (SSSR count). The molecule has 0 bridgehead atoms. The van der Waals surface area contributed by atoms with Crippen LogP contribution < -0.4 is 9.29 Å². The molecule has 2 aromatic rings. The average molecular weight is 456 g/mol. The van der Waals surface area contributed by atoms with Crippen molar-refractivity contribution in [1.82, 2.24) is 14.0 Å². The average Bonchev–Trinajstić information content (AvgIpc) is 3.24. The van der Waals surface area contributed by atoms with Gasteiger partial charge in [-0.3, -0.25) is 4.79 Å². The van der Waals surface area contributed by atoms with Crippen LogP contribution in [0.1, 0.15) is 19.5 Å². The first-order valence-electron chi connectivity index (χ1n) is 9.39. The minimum Gasteiger partial charge on any atom is -0.477 e. The Hall–Kier alpha value is -2.28. The number of hydrogen-bond donors (Lipinski definition) is 3. The molecule has 0 spiro atoms. The number of fused-ring (bicyclic) bond motifs is 2. The normalized spacial score (nSPS) is 25.0. The van der Waals surface area contributed by atoms with Crippen molar-refractivity contribution in [3.63, 3.8) is 0 Å². The van der Waals surface area contributed by atoms with Gasteiger partial charge in [0.15, 0.2) is 0 Å². The number of carbonyl (C=O) groups is 2. The molecule has 2 aliphatic heterocycles. The third-order valence-corrected chi connectivity index (χ3v) is 7.39. The molecule has 10 nitrogen and oxygen atoms in total. The molecule has 0 radical (unpaired) electrons. The van der Waals surface area contributed by atoms with E-state index < -0.39 is 28.0 Å². The Morgan fingerprint density at radius 2 is 2.13 bits per heavy atom. The second-order valence-electron chi connectivity index (χ2n) is 7.88. The molecule has 1 fully saturated rings. The summed E-state index contributed by atoms with van der Waals surface area (Å²) in [7, 11) is -3.32. The van der Waals surface area contributed by atoms with Gasteiger partial charge in [-0.25, -0.2) is 22.5 Å². The van der Waals surface area contributed by atoms with Crippen LogP contribution in [0.3, 0.4) is 0 Å². The number of aliphatic carboxylic acids is 1. The predicted molar refractivity (Wildman–Crippen MR) is 107 cm³/mol. The van der Waals surface area contributed by atoms with Crippen molar-refractivity contribution in [3.05, 3.63) is 34.9 Å². The second kappa shape index (κ2) is 7.15. The Kier molecular flexibility index (Phi) is 5.00. The number of aliphatic hydroxyl groups is 1. The van der Waals surface area contributed by atoms with Gasteiger partial charge in [0, 0.05) is 16.9 Å². The van der Waals surface area contributed by atoms with Gasteiger partial charge in [-0.2, -0.15) is 4.40 Å². The van der Waals surface area contributed by atoms with Crippen LogP contribution in [-0.4, -0.2) is 58.2 Å². The minimum atomic E-state index is -3.32. The number of rotatable bonds is 7. The highest BCUT2D eigenvalue weighted by Crippen LogP contribution is 2.47. The van der Waals surface area contributed by atoms with E-state index in [1.807, 2.05) is 27.5 Å². The van der Waals surface area contributed by atoms with Gasteiger partial charge >= 0.3 is 5.97 Å². The van der Waals surface area contributed by atoms with E-state index in [1.54, 1.807) is 13.3 Å². The molecule has 0 unspecified atom stereocenters. The van der Waals surface area contributed by atoms with E-state index in [4.69, 9.17) is 0 Å². The number of nitrogens with one attached hydrogen (secondary N) is 1. The van der Waals surface area contributed by atoms with Crippen LogP contribution in [0.4, 0.5) is 0 Å². The number of imidazole rings is 1. The molecule has 2 aromatic heterocycles. The summed E-state index contributed by atoms with van der Waals surface area (Å²) in [5.41, 5.74) is 1.39. The van der Waals surface area contributed by atoms with E-state index in [1.165, 1.54) is 16.2 Å². The first kappa shape index (κ1) is 21.0. The fourth-order valence-corrected chi connectivity index (χ4v) is 5.74. The first-order chi connectivity index (χ1) is 14.0. The van der Waals surface area contributed by atoms with Gasteiger partial charge in [0.25, 0.3) is 0 Å². The Bertz CT molecular complexity index is 1180. The zero-order valence-electron chi connectivity index (χ0n) is 16.6. The number of nitrogens with zero attached hydrogens (tertiary/aromatic N) is 3. The number of sulfonamides is 1. The van der Waals surface area contributed by atoms with E-state index in [0.717, 1.165) is 16.8 Å². The lowest BCUT2D eigenvalue weighted by molar-refractivity contribution is -0.688. The van der Waals surface area contributed by atoms with Crippen molar-refractivity contribution >= 4 is 38.1 Å². The molecule has 4 heterocycles. The number of aliphatic hydroxyl groups excluding tert-OH is 1. The summed E-state index contributed by atoms with van der Waals surface area (Å²) in [5.74, 6) is -2.31. The van der Waals surface area contributed by atoms with Gasteiger partial charge in [0.1, 0.15) is 24.1 Å². The summed E-state index contributed by atoms with van der Waals surface area (Å²) < 4.78 is 28.9. The summed E-state index contributed by atoms with van der Waals surface area (Å²) in [4.78, 5) is 26.6. The third kappa shape index (κ3) is 3.33. The molecular weight excluding hydrogens is 432 g/mol. The third-order valence-electron chi connectivity index (χ3n) is 5.79. The van der Waals surface area contributed by atoms with Crippen molar-refractivity contribution < 1.29 is 32.8 Å². The molecule has 0 aliphatic carbocycles. The maximum absolute atomic E-state index is 12.4. The molecule has 12 heteroatoms. The van der Waals surface area contributed by atoms with Gasteiger partial charge in [-0.15, -0.1) is 0 Å². The molecule has 3 N–H and O–H groups in total. The molecule has 162 valence electrons. The monoisotopic (exact) mass is 455 g/mol. The highest BCUT2D eigenvalue weighted by Gasteiger charge is 2.60. The quantitative estimate of drug-likeness (QED) is 0.382. The molecule has 30 heavy (non-hydrogen) atoms. The molecule has 1 amide bonds. The van der Waals surface area contributed by atoms with Crippen LogP contribution in [0.15, 0.2) is 29.2 Å². The molecule has 4 atom stereocenters. The van der Waals surface area contributed by atoms with E-state index >= 15 is 0 Å². The summed E-state index contributed by atoms with van der Waals surface area (Å²) in [5, 5.41) is 21.5. The van der Waals surface area contributed by atoms with Crippen LogP contribution in [-0.2, 0) is 32.7 Å². The summed E-state index contributed by atoms with van der Waals surface area (Å²) in [6.07, 6.45) is 3.90. The maximum atomic E-state index is 12.4. The fourth-order valence-electron chi connectivity index (χ4n) is 4.40. The molecule has 1 saturated heterocycles. The number of carboxylic acid groups (broad SMARTS) is 1. The van der Waals surface area contributed by atoms with Gasteiger partial charge < -0.3 is 15.1 Å². The SMILES string of the molecule is C[C@@H](O)[C@H]1C(=O)N2C(C(=O)O)=C(C[n+]3cc4scc(CNS(C)(=O)=O)n4c3)[C@H](C)[C@H]12. The molecule has 0 saturated carbocycles. The number of hydrogen-bond acceptors (Lipinski definition) is 6. The number of carbonyl (C=O) groups excluding carboxylic acids is 1. The summed E-state index contributed by atoms with van der Waals surface area (Å²) in [6, 6.07) is -0.350. The van der Waals surface area contributed by atoms with Gasteiger partial charge in [0.2, 0.25) is 27.1 Å². The smallest absolute Gasteiger partial charge is 0.352 e. The van der Waals surface area contributed by atoms with Gasteiger partial charge in [-0.05, 0) is 6.92 Å². The highest BCUT2D eigenvalue weighted by molar-refractivity contribution is 7.88. The van der Waals surface area contributed by atoms with Crippen LogP contribution >= 0.6 is 11.3 Å². The van der Waals surface area contributed by atoms with Crippen LogP contribution in [0.5, 0.6) is 0 Å². The Labute approximate surface area is 177 Å². The van der Waals surface area contributed by atoms with Crippen molar-refractivity contribution in [1.29, 1.82) is 0 Å². The van der Waals surface area contributed by atoms with Crippen molar-refractivity contribution in [3.8, 4) is 0 Å². The molecule has 0 aromatic carbocycles. The number of carboxylic acids is 1. The van der Waals surface area contributed by atoms with E-state index in [0.29, 0.717) is 5.57 Å². The minimum absolute atomic E-state index is 0.00424. The van der Waals surface area contributed by atoms with Crippen molar-refractivity contribution in [2.75, 3.05) is 6.26 Å². The van der Waals surface area contributed by atoms with Crippen LogP contribution in [0.2, 0.25) is 0 Å². The number of aromatic nitrogens is 2. The lowest BCUT2D eigenvalue weighted by atomic mass is 9.78. The van der Waals surface area contributed by atoms with E-state index in [9.17, 15) is 28.2 Å². The molecule has 2 aliphatic rings. The zero-order chi connectivity index (χ0) is 22.0. The Morgan fingerprint density at radius 1 is 1.43 bits per heavy atom. The van der Waals surface area contributed by atoms with Crippen molar-refractivity contribution in [2.24, 2.45) is 11.8 Å². The number of thiazole rings is 1. The first-order valence-corrected chi connectivity index (χ1v) is 12.2. The summed E-state index contributed by atoms with van der Waals surface area (Å²) >= 11 is 1.45. The lowest BCUT2D eigenvalue weighted by Gasteiger charge is -2.46. The van der Waals surface area contributed by atoms with Gasteiger partial charge in [0.05, 0.1) is 30.9 Å².